The molecule has 2 aromatic heterocycles. The Bertz CT molecular complexity index is 479. The molecule has 0 radical (unpaired) electrons. The highest BCUT2D eigenvalue weighted by atomic mass is 35.5. The molecule has 5 nitrogen and oxygen atoms in total. The van der Waals surface area contributed by atoms with E-state index >= 15 is 0 Å². The van der Waals surface area contributed by atoms with Gasteiger partial charge in [-0.05, 0) is 31.1 Å². The Labute approximate surface area is 105 Å². The molecular formula is C11H15ClN4O. The minimum atomic E-state index is -0.0530. The maximum atomic E-state index is 6.00. The fourth-order valence-corrected chi connectivity index (χ4v) is 2.07. The molecule has 1 atom stereocenters. The topological polar surface area (TPSA) is 55.9 Å². The average molecular weight is 255 g/mol. The molecule has 0 aliphatic carbocycles. The van der Waals surface area contributed by atoms with Crippen LogP contribution in [0.25, 0.3) is 0 Å². The second-order valence-electron chi connectivity index (χ2n) is 3.75. The van der Waals surface area contributed by atoms with Gasteiger partial charge in [-0.25, -0.2) is 4.68 Å². The fourth-order valence-electron chi connectivity index (χ4n) is 1.85. The molecule has 0 aliphatic heterocycles. The third-order valence-electron chi connectivity index (χ3n) is 2.62. The summed E-state index contributed by atoms with van der Waals surface area (Å²) in [6, 6.07) is 1.80. The van der Waals surface area contributed by atoms with Crippen LogP contribution < -0.4 is 5.32 Å². The van der Waals surface area contributed by atoms with Crippen molar-refractivity contribution in [3.63, 3.8) is 0 Å². The highest BCUT2D eigenvalue weighted by Gasteiger charge is 2.21. The lowest BCUT2D eigenvalue weighted by molar-refractivity contribution is 0.517. The quantitative estimate of drug-likeness (QED) is 0.889. The lowest BCUT2D eigenvalue weighted by atomic mass is 10.1. The Morgan fingerprint density at radius 1 is 1.59 bits per heavy atom. The van der Waals surface area contributed by atoms with Crippen molar-refractivity contribution in [2.45, 2.75) is 25.9 Å². The van der Waals surface area contributed by atoms with Crippen LogP contribution in [0.4, 0.5) is 0 Å². The van der Waals surface area contributed by atoms with Crippen LogP contribution in [0.3, 0.4) is 0 Å². The van der Waals surface area contributed by atoms with Crippen molar-refractivity contribution in [3.05, 3.63) is 35.0 Å². The van der Waals surface area contributed by atoms with Crippen LogP contribution in [-0.4, -0.2) is 22.0 Å². The smallest absolute Gasteiger partial charge is 0.198 e. The predicted octanol–water partition coefficient (Wildman–Crippen LogP) is 2.24. The molecule has 0 fully saturated rings. The minimum Gasteiger partial charge on any atom is -0.453 e. The third kappa shape index (κ3) is 2.35. The molecule has 0 amide bonds. The summed E-state index contributed by atoms with van der Waals surface area (Å²) in [6.07, 6.45) is 4.34. The number of rotatable bonds is 5. The summed E-state index contributed by atoms with van der Waals surface area (Å²) in [5, 5.41) is 11.6. The van der Waals surface area contributed by atoms with Crippen LogP contribution in [-0.2, 0) is 6.54 Å². The molecule has 92 valence electrons. The summed E-state index contributed by atoms with van der Waals surface area (Å²) < 4.78 is 7.00. The van der Waals surface area contributed by atoms with Crippen molar-refractivity contribution < 1.29 is 4.42 Å². The molecule has 2 aromatic rings. The summed E-state index contributed by atoms with van der Waals surface area (Å²) >= 11 is 6.00. The molecule has 2 heterocycles. The number of nitrogens with one attached hydrogen (secondary N) is 1. The molecule has 0 aliphatic rings. The van der Waals surface area contributed by atoms with Crippen molar-refractivity contribution in [2.24, 2.45) is 0 Å². The van der Waals surface area contributed by atoms with E-state index < -0.39 is 0 Å². The molecule has 0 saturated heterocycles. The summed E-state index contributed by atoms with van der Waals surface area (Å²) in [5.41, 5.74) is 1.88. The van der Waals surface area contributed by atoms with E-state index in [1.807, 2.05) is 17.8 Å². The van der Waals surface area contributed by atoms with Crippen molar-refractivity contribution >= 4 is 11.6 Å². The summed E-state index contributed by atoms with van der Waals surface area (Å²) in [4.78, 5) is 0. The Kier molecular flexibility index (Phi) is 3.81. The first-order valence-electron chi connectivity index (χ1n) is 5.56. The minimum absolute atomic E-state index is 0.0530. The summed E-state index contributed by atoms with van der Waals surface area (Å²) in [5.74, 6) is 0. The number of hydrogen-bond acceptors (Lipinski definition) is 4. The number of aromatic nitrogens is 3. The van der Waals surface area contributed by atoms with Gasteiger partial charge in [0.25, 0.3) is 0 Å². The van der Waals surface area contributed by atoms with Gasteiger partial charge in [0.15, 0.2) is 5.22 Å². The van der Waals surface area contributed by atoms with E-state index in [0.717, 1.165) is 24.2 Å². The molecule has 0 aromatic carbocycles. The van der Waals surface area contributed by atoms with E-state index in [1.54, 1.807) is 12.5 Å². The molecule has 0 spiro atoms. The zero-order valence-corrected chi connectivity index (χ0v) is 10.6. The van der Waals surface area contributed by atoms with E-state index in [2.05, 4.69) is 22.6 Å². The number of halogens is 1. The molecule has 0 saturated carbocycles. The third-order valence-corrected chi connectivity index (χ3v) is 2.93. The molecule has 6 heteroatoms. The molecule has 2 rings (SSSR count). The van der Waals surface area contributed by atoms with Gasteiger partial charge in [0.05, 0.1) is 24.2 Å². The summed E-state index contributed by atoms with van der Waals surface area (Å²) in [6.45, 7) is 2.94. The second-order valence-corrected chi connectivity index (χ2v) is 4.10. The van der Waals surface area contributed by atoms with Crippen LogP contribution in [0.1, 0.15) is 30.6 Å². The molecular weight excluding hydrogens is 240 g/mol. The van der Waals surface area contributed by atoms with Crippen molar-refractivity contribution in [2.75, 3.05) is 7.05 Å². The van der Waals surface area contributed by atoms with Gasteiger partial charge in [-0.3, -0.25) is 0 Å². The maximum Gasteiger partial charge on any atom is 0.198 e. The second kappa shape index (κ2) is 5.33. The normalized spacial score (nSPS) is 12.9. The van der Waals surface area contributed by atoms with E-state index in [0.29, 0.717) is 5.22 Å². The maximum absolute atomic E-state index is 6.00. The number of hydrogen-bond donors (Lipinski definition) is 1. The van der Waals surface area contributed by atoms with Crippen molar-refractivity contribution in [1.82, 2.24) is 20.3 Å². The Morgan fingerprint density at radius 2 is 2.41 bits per heavy atom. The molecule has 1 unspecified atom stereocenters. The SMILES string of the molecule is CCCn1nncc1C(NC)c1ccoc1Cl. The largest absolute Gasteiger partial charge is 0.453 e. The monoisotopic (exact) mass is 254 g/mol. The standard InChI is InChI=1S/C11H15ClN4O/c1-3-5-16-9(7-14-15-16)10(13-2)8-4-6-17-11(8)12/h4,6-7,10,13H,3,5H2,1-2H3. The van der Waals surface area contributed by atoms with E-state index in [9.17, 15) is 0 Å². The number of nitrogens with zero attached hydrogens (tertiary/aromatic N) is 3. The van der Waals surface area contributed by atoms with Gasteiger partial charge in [-0.1, -0.05) is 12.1 Å². The fraction of sp³-hybridized carbons (Fsp3) is 0.455. The van der Waals surface area contributed by atoms with Crippen LogP contribution in [0.2, 0.25) is 5.22 Å². The van der Waals surface area contributed by atoms with Gasteiger partial charge in [-0.15, -0.1) is 5.10 Å². The number of aryl methyl sites for hydroxylation is 1. The van der Waals surface area contributed by atoms with Crippen molar-refractivity contribution in [1.29, 1.82) is 0 Å². The van der Waals surface area contributed by atoms with Crippen molar-refractivity contribution in [3.8, 4) is 0 Å². The zero-order valence-electron chi connectivity index (χ0n) is 9.85. The van der Waals surface area contributed by atoms with Crippen LogP contribution in [0, 0.1) is 0 Å². The van der Waals surface area contributed by atoms with Crippen LogP contribution in [0.5, 0.6) is 0 Å². The van der Waals surface area contributed by atoms with E-state index in [1.165, 1.54) is 0 Å². The van der Waals surface area contributed by atoms with Gasteiger partial charge in [0, 0.05) is 12.1 Å². The van der Waals surface area contributed by atoms with E-state index in [-0.39, 0.29) is 6.04 Å². The first-order chi connectivity index (χ1) is 8.27. The molecule has 17 heavy (non-hydrogen) atoms. The molecule has 1 N–H and O–H groups in total. The highest BCUT2D eigenvalue weighted by molar-refractivity contribution is 6.29. The molecule has 0 bridgehead atoms. The van der Waals surface area contributed by atoms with Gasteiger partial charge in [0.2, 0.25) is 0 Å². The lowest BCUT2D eigenvalue weighted by Crippen LogP contribution is -2.21. The van der Waals surface area contributed by atoms with Gasteiger partial charge in [0.1, 0.15) is 0 Å². The van der Waals surface area contributed by atoms with Crippen LogP contribution >= 0.6 is 11.6 Å². The predicted molar refractivity (Wildman–Crippen MR) is 64.9 cm³/mol. The Morgan fingerprint density at radius 3 is 3.00 bits per heavy atom. The lowest BCUT2D eigenvalue weighted by Gasteiger charge is -2.15. The van der Waals surface area contributed by atoms with E-state index in [4.69, 9.17) is 16.0 Å². The van der Waals surface area contributed by atoms with Gasteiger partial charge in [-0.2, -0.15) is 0 Å². The zero-order chi connectivity index (χ0) is 12.3. The van der Waals surface area contributed by atoms with Gasteiger partial charge < -0.3 is 9.73 Å². The van der Waals surface area contributed by atoms with Crippen LogP contribution in [0.15, 0.2) is 22.9 Å². The average Bonchev–Trinajstić information content (AvgIpc) is 2.92. The highest BCUT2D eigenvalue weighted by Crippen LogP contribution is 2.28. The Balaban J connectivity index is 2.35. The Hall–Kier alpha value is -1.33. The summed E-state index contributed by atoms with van der Waals surface area (Å²) in [7, 11) is 1.87. The first-order valence-corrected chi connectivity index (χ1v) is 5.94. The van der Waals surface area contributed by atoms with Gasteiger partial charge >= 0.3 is 0 Å². The first kappa shape index (κ1) is 12.1. The number of furan rings is 1.